The van der Waals surface area contributed by atoms with Crippen LogP contribution in [-0.4, -0.2) is 60.4 Å². The van der Waals surface area contributed by atoms with Crippen LogP contribution < -0.4 is 0 Å². The van der Waals surface area contributed by atoms with Crippen molar-refractivity contribution in [3.63, 3.8) is 0 Å². The number of nitro benzene ring substituents is 1. The molecule has 1 aromatic carbocycles. The van der Waals surface area contributed by atoms with Crippen LogP contribution in [0.1, 0.15) is 33.6 Å². The predicted molar refractivity (Wildman–Crippen MR) is 98.9 cm³/mol. The second kappa shape index (κ2) is 7.81. The van der Waals surface area contributed by atoms with Crippen molar-refractivity contribution in [3.05, 3.63) is 34.4 Å². The average molecular weight is 399 g/mol. The fourth-order valence-corrected chi connectivity index (χ4v) is 4.38. The lowest BCUT2D eigenvalue weighted by Gasteiger charge is -2.37. The first-order valence-electron chi connectivity index (χ1n) is 8.62. The monoisotopic (exact) mass is 399 g/mol. The molecule has 1 aromatic rings. The number of non-ortho nitro benzene ring substituents is 1. The minimum absolute atomic E-state index is 0.183. The van der Waals surface area contributed by atoms with Crippen molar-refractivity contribution >= 4 is 21.8 Å². The van der Waals surface area contributed by atoms with Crippen molar-refractivity contribution in [2.24, 2.45) is 0 Å². The van der Waals surface area contributed by atoms with E-state index < -0.39 is 32.7 Å². The molecule has 1 aliphatic heterocycles. The number of nitro groups is 1. The Labute approximate surface area is 159 Å². The number of benzene rings is 1. The predicted octanol–water partition coefficient (Wildman–Crippen LogP) is 2.61. The van der Waals surface area contributed by atoms with Gasteiger partial charge in [-0.1, -0.05) is 0 Å². The summed E-state index contributed by atoms with van der Waals surface area (Å²) in [5.74, 6) is 0. The summed E-state index contributed by atoms with van der Waals surface area (Å²) in [6.45, 7) is 6.29. The molecular weight excluding hydrogens is 374 g/mol. The summed E-state index contributed by atoms with van der Waals surface area (Å²) in [6, 6.07) is 3.96. The van der Waals surface area contributed by atoms with Gasteiger partial charge in [0, 0.05) is 12.1 Å². The largest absolute Gasteiger partial charge is 0.443 e. The second-order valence-corrected chi connectivity index (χ2v) is 9.38. The highest BCUT2D eigenvalue weighted by Crippen LogP contribution is 2.27. The first kappa shape index (κ1) is 21.1. The molecule has 0 spiro atoms. The third kappa shape index (κ3) is 5.16. The van der Waals surface area contributed by atoms with Crippen LogP contribution >= 0.6 is 0 Å². The zero-order chi connectivity index (χ0) is 20.4. The molecule has 0 bridgehead atoms. The summed E-state index contributed by atoms with van der Waals surface area (Å²) in [7, 11) is -2.29. The van der Waals surface area contributed by atoms with Crippen LogP contribution in [0.3, 0.4) is 0 Å². The Hall–Kier alpha value is -2.20. The minimum Gasteiger partial charge on any atom is -0.443 e. The Morgan fingerprint density at radius 2 is 1.74 bits per heavy atom. The number of hydrogen-bond acceptors (Lipinski definition) is 7. The SMILES string of the molecule is CN1CCC(N(C(=O)OC(C)(C)C)S(=O)(=O)c2ccc([N+](=O)[O-])cc2)CC1. The van der Waals surface area contributed by atoms with E-state index in [1.165, 1.54) is 0 Å². The fraction of sp³-hybridized carbons (Fsp3) is 0.588. The van der Waals surface area contributed by atoms with Crippen LogP contribution in [0.5, 0.6) is 0 Å². The minimum atomic E-state index is -4.21. The highest BCUT2D eigenvalue weighted by molar-refractivity contribution is 7.89. The highest BCUT2D eigenvalue weighted by Gasteiger charge is 2.39. The summed E-state index contributed by atoms with van der Waals surface area (Å²) >= 11 is 0. The topological polar surface area (TPSA) is 110 Å². The molecule has 1 saturated heterocycles. The van der Waals surface area contributed by atoms with E-state index in [4.69, 9.17) is 4.74 Å². The Morgan fingerprint density at radius 3 is 2.19 bits per heavy atom. The number of amides is 1. The van der Waals surface area contributed by atoms with E-state index in [0.717, 1.165) is 28.6 Å². The summed E-state index contributed by atoms with van der Waals surface area (Å²) in [6.07, 6.45) is 0.0413. The third-order valence-corrected chi connectivity index (χ3v) is 6.03. The first-order chi connectivity index (χ1) is 12.4. The van der Waals surface area contributed by atoms with E-state index in [0.29, 0.717) is 25.9 Å². The van der Waals surface area contributed by atoms with E-state index in [1.807, 2.05) is 7.05 Å². The number of sulfonamides is 1. The number of nitrogens with zero attached hydrogens (tertiary/aromatic N) is 3. The molecule has 0 saturated carbocycles. The number of piperidine rings is 1. The molecule has 9 nitrogen and oxygen atoms in total. The lowest BCUT2D eigenvalue weighted by atomic mass is 10.1. The van der Waals surface area contributed by atoms with Crippen molar-refractivity contribution in [2.45, 2.75) is 50.2 Å². The van der Waals surface area contributed by atoms with Gasteiger partial charge < -0.3 is 9.64 Å². The van der Waals surface area contributed by atoms with Crippen LogP contribution in [0.2, 0.25) is 0 Å². The lowest BCUT2D eigenvalue weighted by Crippen LogP contribution is -2.50. The highest BCUT2D eigenvalue weighted by atomic mass is 32.2. The number of hydrogen-bond donors (Lipinski definition) is 0. The van der Waals surface area contributed by atoms with Crippen molar-refractivity contribution in [3.8, 4) is 0 Å². The zero-order valence-electron chi connectivity index (χ0n) is 15.9. The fourth-order valence-electron chi connectivity index (χ4n) is 2.83. The Kier molecular flexibility index (Phi) is 6.10. The van der Waals surface area contributed by atoms with Crippen LogP contribution in [0.25, 0.3) is 0 Å². The molecule has 1 fully saturated rings. The number of carbonyl (C=O) groups excluding carboxylic acids is 1. The summed E-state index contributed by atoms with van der Waals surface area (Å²) in [5, 5.41) is 10.8. The van der Waals surface area contributed by atoms with Gasteiger partial charge in [0.05, 0.1) is 15.9 Å². The number of ether oxygens (including phenoxy) is 1. The van der Waals surface area contributed by atoms with Gasteiger partial charge in [-0.2, -0.15) is 4.31 Å². The van der Waals surface area contributed by atoms with E-state index in [1.54, 1.807) is 20.8 Å². The summed E-state index contributed by atoms with van der Waals surface area (Å²) in [5.41, 5.74) is -1.08. The molecule has 27 heavy (non-hydrogen) atoms. The smallest absolute Gasteiger partial charge is 0.424 e. The van der Waals surface area contributed by atoms with E-state index in [2.05, 4.69) is 4.90 Å². The van der Waals surface area contributed by atoms with Gasteiger partial charge >= 0.3 is 6.09 Å². The number of likely N-dealkylation sites (tertiary alicyclic amines) is 1. The molecule has 0 N–H and O–H groups in total. The molecule has 1 heterocycles. The summed E-state index contributed by atoms with van der Waals surface area (Å²) < 4.78 is 32.5. The van der Waals surface area contributed by atoms with Gasteiger partial charge in [-0.15, -0.1) is 0 Å². The molecule has 0 aliphatic carbocycles. The maximum absolute atomic E-state index is 13.2. The molecule has 0 atom stereocenters. The molecule has 0 radical (unpaired) electrons. The first-order valence-corrected chi connectivity index (χ1v) is 10.1. The van der Waals surface area contributed by atoms with Gasteiger partial charge in [0.15, 0.2) is 0 Å². The van der Waals surface area contributed by atoms with Crippen molar-refractivity contribution < 1.29 is 22.9 Å². The van der Waals surface area contributed by atoms with Crippen molar-refractivity contribution in [1.29, 1.82) is 0 Å². The molecule has 0 aromatic heterocycles. The van der Waals surface area contributed by atoms with Crippen LogP contribution in [-0.2, 0) is 14.8 Å². The van der Waals surface area contributed by atoms with Crippen LogP contribution in [0.15, 0.2) is 29.2 Å². The van der Waals surface area contributed by atoms with Crippen LogP contribution in [0, 0.1) is 10.1 Å². The molecule has 10 heteroatoms. The molecule has 1 aliphatic rings. The lowest BCUT2D eigenvalue weighted by molar-refractivity contribution is -0.384. The van der Waals surface area contributed by atoms with E-state index >= 15 is 0 Å². The third-order valence-electron chi connectivity index (χ3n) is 4.20. The van der Waals surface area contributed by atoms with Crippen molar-refractivity contribution in [2.75, 3.05) is 20.1 Å². The van der Waals surface area contributed by atoms with Gasteiger partial charge in [0.25, 0.3) is 15.7 Å². The number of carbonyl (C=O) groups is 1. The maximum Gasteiger partial charge on any atom is 0.424 e. The molecule has 0 unspecified atom stereocenters. The standard InChI is InChI=1S/C17H25N3O6S/c1-17(2,3)26-16(21)19(13-9-11-18(4)12-10-13)27(24,25)15-7-5-14(6-8-15)20(22)23/h5-8,13H,9-12H2,1-4H3. The van der Waals surface area contributed by atoms with Gasteiger partial charge in [-0.3, -0.25) is 10.1 Å². The van der Waals surface area contributed by atoms with E-state index in [-0.39, 0.29) is 10.6 Å². The van der Waals surface area contributed by atoms with Crippen LogP contribution in [0.4, 0.5) is 10.5 Å². The average Bonchev–Trinajstić information content (AvgIpc) is 2.55. The van der Waals surface area contributed by atoms with E-state index in [9.17, 15) is 23.3 Å². The molecule has 2 rings (SSSR count). The maximum atomic E-state index is 13.2. The number of rotatable bonds is 4. The van der Waals surface area contributed by atoms with Gasteiger partial charge in [0.1, 0.15) is 5.60 Å². The Bertz CT molecular complexity index is 793. The molecule has 1 amide bonds. The normalized spacial score (nSPS) is 16.7. The second-order valence-electron chi connectivity index (χ2n) is 7.57. The van der Waals surface area contributed by atoms with Gasteiger partial charge in [0.2, 0.25) is 0 Å². The summed E-state index contributed by atoms with van der Waals surface area (Å²) in [4.78, 5) is 24.8. The van der Waals surface area contributed by atoms with Crippen molar-refractivity contribution in [1.82, 2.24) is 9.21 Å². The Morgan fingerprint density at radius 1 is 1.22 bits per heavy atom. The van der Waals surface area contributed by atoms with Gasteiger partial charge in [-0.05, 0) is 65.9 Å². The quantitative estimate of drug-likeness (QED) is 0.565. The zero-order valence-corrected chi connectivity index (χ0v) is 16.7. The Balaban J connectivity index is 2.40. The molecule has 150 valence electrons. The molecular formula is C17H25N3O6S. The van der Waals surface area contributed by atoms with Gasteiger partial charge in [-0.25, -0.2) is 13.2 Å².